The van der Waals surface area contributed by atoms with Crippen molar-refractivity contribution in [2.24, 2.45) is 0 Å². The highest BCUT2D eigenvalue weighted by molar-refractivity contribution is 7.99. The normalized spacial score (nSPS) is 10.5. The molecule has 4 nitrogen and oxygen atoms in total. The van der Waals surface area contributed by atoms with E-state index < -0.39 is 5.97 Å². The topological polar surface area (TPSA) is 63.1 Å². The van der Waals surface area contributed by atoms with Crippen LogP contribution in [0.3, 0.4) is 0 Å². The predicted molar refractivity (Wildman–Crippen MR) is 72.2 cm³/mol. The van der Waals surface area contributed by atoms with Crippen LogP contribution >= 0.6 is 23.5 Å². The molecule has 0 aliphatic rings. The van der Waals surface area contributed by atoms with E-state index >= 15 is 0 Å². The van der Waals surface area contributed by atoms with Gasteiger partial charge in [-0.3, -0.25) is 0 Å². The summed E-state index contributed by atoms with van der Waals surface area (Å²) in [6.45, 7) is 3.49. The van der Waals surface area contributed by atoms with E-state index in [1.165, 1.54) is 11.8 Å². The van der Waals surface area contributed by atoms with E-state index in [0.29, 0.717) is 16.5 Å². The van der Waals surface area contributed by atoms with Crippen molar-refractivity contribution in [3.8, 4) is 0 Å². The number of carboxylic acid groups (broad SMARTS) is 1. The number of rotatable bonds is 6. The van der Waals surface area contributed by atoms with Crippen LogP contribution in [0.1, 0.15) is 28.3 Å². The van der Waals surface area contributed by atoms with Gasteiger partial charge in [0.2, 0.25) is 0 Å². The van der Waals surface area contributed by atoms with E-state index in [2.05, 4.69) is 16.2 Å². The third kappa shape index (κ3) is 4.20. The molecule has 0 aliphatic heterocycles. The van der Waals surface area contributed by atoms with Crippen molar-refractivity contribution in [3.63, 3.8) is 0 Å². The number of thioether (sulfide) groups is 2. The van der Waals surface area contributed by atoms with Gasteiger partial charge in [0.15, 0.2) is 0 Å². The average Bonchev–Trinajstić information content (AvgIpc) is 2.22. The molecule has 94 valence electrons. The van der Waals surface area contributed by atoms with Crippen LogP contribution in [0.4, 0.5) is 0 Å². The summed E-state index contributed by atoms with van der Waals surface area (Å²) >= 11 is 3.29. The molecule has 0 bridgehead atoms. The Morgan fingerprint density at radius 3 is 2.59 bits per heavy atom. The van der Waals surface area contributed by atoms with Gasteiger partial charge in [-0.1, -0.05) is 0 Å². The standard InChI is InChI=1S/C11H16N2O2S2/c1-7-9(11(14)15)10(13-8(2)12-7)17-6-4-5-16-3/h4-6H2,1-3H3,(H,14,15). The van der Waals surface area contributed by atoms with Gasteiger partial charge in [0.05, 0.1) is 5.69 Å². The van der Waals surface area contributed by atoms with Gasteiger partial charge in [-0.2, -0.15) is 11.8 Å². The van der Waals surface area contributed by atoms with Gasteiger partial charge in [0, 0.05) is 5.75 Å². The number of nitrogens with zero attached hydrogens (tertiary/aromatic N) is 2. The van der Waals surface area contributed by atoms with Crippen molar-refractivity contribution >= 4 is 29.5 Å². The molecule has 1 heterocycles. The Kier molecular flexibility index (Phi) is 5.77. The van der Waals surface area contributed by atoms with E-state index in [1.54, 1.807) is 25.6 Å². The van der Waals surface area contributed by atoms with Crippen molar-refractivity contribution in [1.82, 2.24) is 9.97 Å². The smallest absolute Gasteiger partial charge is 0.340 e. The van der Waals surface area contributed by atoms with Crippen LogP contribution in [0.5, 0.6) is 0 Å². The molecule has 0 saturated carbocycles. The van der Waals surface area contributed by atoms with E-state index in [9.17, 15) is 4.79 Å². The molecule has 0 aliphatic carbocycles. The summed E-state index contributed by atoms with van der Waals surface area (Å²) in [5.74, 6) is 1.64. The fourth-order valence-corrected chi connectivity index (χ4v) is 3.08. The van der Waals surface area contributed by atoms with Gasteiger partial charge in [-0.15, -0.1) is 11.8 Å². The Labute approximate surface area is 110 Å². The molecular formula is C11H16N2O2S2. The fraction of sp³-hybridized carbons (Fsp3) is 0.545. The van der Waals surface area contributed by atoms with Crippen molar-refractivity contribution in [3.05, 3.63) is 17.1 Å². The Morgan fingerprint density at radius 2 is 2.00 bits per heavy atom. The fourth-order valence-electron chi connectivity index (χ4n) is 1.40. The second kappa shape index (κ2) is 6.86. The van der Waals surface area contributed by atoms with E-state index in [1.807, 2.05) is 0 Å². The molecule has 1 rings (SSSR count). The van der Waals surface area contributed by atoms with Gasteiger partial charge in [0.25, 0.3) is 0 Å². The largest absolute Gasteiger partial charge is 0.478 e. The zero-order valence-electron chi connectivity index (χ0n) is 10.2. The molecule has 0 amide bonds. The second-order valence-electron chi connectivity index (χ2n) is 3.54. The summed E-state index contributed by atoms with van der Waals surface area (Å²) in [7, 11) is 0. The highest BCUT2D eigenvalue weighted by Crippen LogP contribution is 2.23. The van der Waals surface area contributed by atoms with Gasteiger partial charge in [0.1, 0.15) is 16.4 Å². The summed E-state index contributed by atoms with van der Waals surface area (Å²) in [6.07, 6.45) is 3.11. The predicted octanol–water partition coefficient (Wildman–Crippen LogP) is 2.64. The van der Waals surface area contributed by atoms with Crippen molar-refractivity contribution in [2.75, 3.05) is 17.8 Å². The maximum Gasteiger partial charge on any atom is 0.340 e. The molecular weight excluding hydrogens is 256 g/mol. The summed E-state index contributed by atoms with van der Waals surface area (Å²) in [5, 5.41) is 9.73. The molecule has 0 aromatic carbocycles. The molecule has 0 atom stereocenters. The maximum atomic E-state index is 11.1. The van der Waals surface area contributed by atoms with Gasteiger partial charge >= 0.3 is 5.97 Å². The van der Waals surface area contributed by atoms with E-state index in [0.717, 1.165) is 17.9 Å². The van der Waals surface area contributed by atoms with Crippen LogP contribution in [0, 0.1) is 13.8 Å². The lowest BCUT2D eigenvalue weighted by atomic mass is 10.2. The monoisotopic (exact) mass is 272 g/mol. The maximum absolute atomic E-state index is 11.1. The third-order valence-electron chi connectivity index (χ3n) is 2.11. The van der Waals surface area contributed by atoms with Crippen LogP contribution in [0.2, 0.25) is 0 Å². The number of carbonyl (C=O) groups is 1. The highest BCUT2D eigenvalue weighted by atomic mass is 32.2. The second-order valence-corrected chi connectivity index (χ2v) is 5.61. The lowest BCUT2D eigenvalue weighted by molar-refractivity contribution is 0.0690. The number of aromatic carboxylic acids is 1. The first-order valence-electron chi connectivity index (χ1n) is 5.26. The van der Waals surface area contributed by atoms with Crippen LogP contribution in [0.15, 0.2) is 5.03 Å². The van der Waals surface area contributed by atoms with Crippen molar-refractivity contribution in [2.45, 2.75) is 25.3 Å². The third-order valence-corrected chi connectivity index (χ3v) is 3.87. The van der Waals surface area contributed by atoms with Crippen LogP contribution < -0.4 is 0 Å². The Hall–Kier alpha value is -0.750. The Balaban J connectivity index is 2.85. The molecule has 1 aromatic rings. The number of aryl methyl sites for hydroxylation is 2. The lowest BCUT2D eigenvalue weighted by Crippen LogP contribution is -2.08. The Morgan fingerprint density at radius 1 is 1.29 bits per heavy atom. The zero-order valence-corrected chi connectivity index (χ0v) is 11.8. The average molecular weight is 272 g/mol. The van der Waals surface area contributed by atoms with Crippen molar-refractivity contribution in [1.29, 1.82) is 0 Å². The minimum atomic E-state index is -0.949. The minimum Gasteiger partial charge on any atom is -0.478 e. The van der Waals surface area contributed by atoms with Crippen LogP contribution in [0.25, 0.3) is 0 Å². The summed E-state index contributed by atoms with van der Waals surface area (Å²) in [4.78, 5) is 19.5. The first-order valence-corrected chi connectivity index (χ1v) is 7.64. The first kappa shape index (κ1) is 14.3. The highest BCUT2D eigenvalue weighted by Gasteiger charge is 2.16. The Bertz CT molecular complexity index is 411. The van der Waals surface area contributed by atoms with Gasteiger partial charge in [-0.05, 0) is 32.3 Å². The number of carboxylic acids is 1. The van der Waals surface area contributed by atoms with Gasteiger partial charge < -0.3 is 5.11 Å². The molecule has 0 saturated heterocycles. The lowest BCUT2D eigenvalue weighted by Gasteiger charge is -2.08. The summed E-state index contributed by atoms with van der Waals surface area (Å²) in [5.41, 5.74) is 0.780. The quantitative estimate of drug-likeness (QED) is 0.488. The molecule has 0 unspecified atom stereocenters. The van der Waals surface area contributed by atoms with E-state index in [-0.39, 0.29) is 5.56 Å². The molecule has 6 heteroatoms. The molecule has 1 N–H and O–H groups in total. The van der Waals surface area contributed by atoms with Crippen LogP contribution in [-0.2, 0) is 0 Å². The number of aromatic nitrogens is 2. The van der Waals surface area contributed by atoms with Crippen molar-refractivity contribution < 1.29 is 9.90 Å². The number of hydrogen-bond acceptors (Lipinski definition) is 5. The summed E-state index contributed by atoms with van der Waals surface area (Å²) < 4.78 is 0. The molecule has 0 fully saturated rings. The molecule has 17 heavy (non-hydrogen) atoms. The molecule has 0 spiro atoms. The first-order chi connectivity index (χ1) is 8.06. The summed E-state index contributed by atoms with van der Waals surface area (Å²) in [6, 6.07) is 0. The SMILES string of the molecule is CSCCCSc1nc(C)nc(C)c1C(=O)O. The van der Waals surface area contributed by atoms with Crippen LogP contribution in [-0.4, -0.2) is 38.8 Å². The molecule has 0 radical (unpaired) electrons. The zero-order chi connectivity index (χ0) is 12.8. The van der Waals surface area contributed by atoms with Gasteiger partial charge in [-0.25, -0.2) is 14.8 Å². The minimum absolute atomic E-state index is 0.241. The van der Waals surface area contributed by atoms with E-state index in [4.69, 9.17) is 5.11 Å². The number of hydrogen-bond donors (Lipinski definition) is 1. The molecule has 1 aromatic heterocycles.